The van der Waals surface area contributed by atoms with Gasteiger partial charge in [0, 0.05) is 4.88 Å². The van der Waals surface area contributed by atoms with Crippen molar-refractivity contribution in [2.75, 3.05) is 5.32 Å². The monoisotopic (exact) mass is 348 g/mol. The average molecular weight is 349 g/mol. The molecule has 1 atom stereocenters. The van der Waals surface area contributed by atoms with Crippen LogP contribution in [0.25, 0.3) is 0 Å². The van der Waals surface area contributed by atoms with Gasteiger partial charge in [0.1, 0.15) is 5.00 Å². The Balaban J connectivity index is 1.96. The van der Waals surface area contributed by atoms with Gasteiger partial charge in [-0.3, -0.25) is 9.59 Å². The third-order valence-corrected chi connectivity index (χ3v) is 5.60. The van der Waals surface area contributed by atoms with E-state index in [0.29, 0.717) is 27.1 Å². The van der Waals surface area contributed by atoms with Crippen LogP contribution in [0.1, 0.15) is 44.5 Å². The molecule has 0 saturated heterocycles. The summed E-state index contributed by atoms with van der Waals surface area (Å²) in [5, 5.41) is 3.72. The molecule has 0 spiro atoms. The minimum atomic E-state index is -0.494. The van der Waals surface area contributed by atoms with E-state index in [9.17, 15) is 9.59 Å². The molecule has 1 aromatic heterocycles. The molecule has 0 unspecified atom stereocenters. The molecule has 2 amide bonds. The number of anilines is 1. The summed E-state index contributed by atoms with van der Waals surface area (Å²) >= 11 is 7.51. The zero-order chi connectivity index (χ0) is 16.6. The van der Waals surface area contributed by atoms with Crippen molar-refractivity contribution in [3.63, 3.8) is 0 Å². The predicted molar refractivity (Wildman–Crippen MR) is 93.4 cm³/mol. The normalized spacial score (nSPS) is 16.7. The molecule has 3 rings (SSSR count). The lowest BCUT2D eigenvalue weighted by Gasteiger charge is -2.18. The van der Waals surface area contributed by atoms with Crippen LogP contribution in [0.2, 0.25) is 5.02 Å². The maximum Gasteiger partial charge on any atom is 0.257 e. The van der Waals surface area contributed by atoms with Crippen molar-refractivity contribution in [3.05, 3.63) is 50.9 Å². The lowest BCUT2D eigenvalue weighted by Crippen LogP contribution is -2.19. The number of carbonyl (C=O) groups excluding carboxylic acids is 2. The molecule has 4 nitrogen and oxygen atoms in total. The van der Waals surface area contributed by atoms with Crippen LogP contribution in [-0.4, -0.2) is 11.8 Å². The molecule has 2 aromatic rings. The number of thiophene rings is 1. The first-order chi connectivity index (χ1) is 11.0. The standard InChI is InChI=1S/C17H17ClN2O2S/c1-9-6-7-11-13(8-9)23-17(14(11)15(19)21)20-16(22)10-4-2-3-5-12(10)18/h2-5,9H,6-8H2,1H3,(H2,19,21)(H,20,22)/t9-/m0/s1. The van der Waals surface area contributed by atoms with E-state index in [-0.39, 0.29) is 5.91 Å². The fourth-order valence-corrected chi connectivity index (χ4v) is 4.55. The van der Waals surface area contributed by atoms with Gasteiger partial charge in [-0.15, -0.1) is 11.3 Å². The zero-order valence-electron chi connectivity index (χ0n) is 12.7. The molecule has 6 heteroatoms. The van der Waals surface area contributed by atoms with Crippen molar-refractivity contribution in [1.82, 2.24) is 0 Å². The first-order valence-electron chi connectivity index (χ1n) is 7.47. The molecule has 120 valence electrons. The highest BCUT2D eigenvalue weighted by atomic mass is 35.5. The Kier molecular flexibility index (Phi) is 4.41. The van der Waals surface area contributed by atoms with Crippen LogP contribution in [0.15, 0.2) is 24.3 Å². The quantitative estimate of drug-likeness (QED) is 0.883. The maximum absolute atomic E-state index is 12.4. The van der Waals surface area contributed by atoms with E-state index in [1.54, 1.807) is 24.3 Å². The summed E-state index contributed by atoms with van der Waals surface area (Å²) in [7, 11) is 0. The van der Waals surface area contributed by atoms with Crippen LogP contribution in [0.4, 0.5) is 5.00 Å². The molecule has 0 bridgehead atoms. The van der Waals surface area contributed by atoms with Crippen molar-refractivity contribution >= 4 is 39.8 Å². The number of amides is 2. The fourth-order valence-electron chi connectivity index (χ4n) is 2.92. The van der Waals surface area contributed by atoms with Gasteiger partial charge in [0.25, 0.3) is 11.8 Å². The molecule has 1 aromatic carbocycles. The Hall–Kier alpha value is -1.85. The smallest absolute Gasteiger partial charge is 0.257 e. The minimum absolute atomic E-state index is 0.329. The number of halogens is 1. The van der Waals surface area contributed by atoms with Gasteiger partial charge in [-0.05, 0) is 42.9 Å². The lowest BCUT2D eigenvalue weighted by atomic mass is 9.88. The van der Waals surface area contributed by atoms with Crippen LogP contribution in [0, 0.1) is 5.92 Å². The number of nitrogens with one attached hydrogen (secondary N) is 1. The Bertz CT molecular complexity index is 785. The topological polar surface area (TPSA) is 72.2 Å². The van der Waals surface area contributed by atoms with E-state index in [1.165, 1.54) is 11.3 Å². The maximum atomic E-state index is 12.4. The molecule has 1 aliphatic rings. The largest absolute Gasteiger partial charge is 0.365 e. The highest BCUT2D eigenvalue weighted by Gasteiger charge is 2.27. The second-order valence-corrected chi connectivity index (χ2v) is 7.37. The Morgan fingerprint density at radius 2 is 2.09 bits per heavy atom. The van der Waals surface area contributed by atoms with E-state index < -0.39 is 5.91 Å². The summed E-state index contributed by atoms with van der Waals surface area (Å²) in [6.07, 6.45) is 2.78. The fraction of sp³-hybridized carbons (Fsp3) is 0.294. The Morgan fingerprint density at radius 3 is 2.78 bits per heavy atom. The summed E-state index contributed by atoms with van der Waals surface area (Å²) in [5.74, 6) is -0.245. The molecule has 0 saturated carbocycles. The van der Waals surface area contributed by atoms with Gasteiger partial charge in [-0.25, -0.2) is 0 Å². The van der Waals surface area contributed by atoms with Gasteiger partial charge in [-0.1, -0.05) is 30.7 Å². The number of benzene rings is 1. The van der Waals surface area contributed by atoms with Crippen LogP contribution in [0.3, 0.4) is 0 Å². The predicted octanol–water partition coefficient (Wildman–Crippen LogP) is 3.88. The van der Waals surface area contributed by atoms with E-state index in [4.69, 9.17) is 17.3 Å². The van der Waals surface area contributed by atoms with E-state index >= 15 is 0 Å². The van der Waals surface area contributed by atoms with Gasteiger partial charge in [0.05, 0.1) is 16.1 Å². The summed E-state index contributed by atoms with van der Waals surface area (Å²) in [6, 6.07) is 6.82. The summed E-state index contributed by atoms with van der Waals surface area (Å²) in [4.78, 5) is 25.5. The molecule has 0 fully saturated rings. The number of carbonyl (C=O) groups is 2. The van der Waals surface area contributed by atoms with Crippen molar-refractivity contribution < 1.29 is 9.59 Å². The van der Waals surface area contributed by atoms with E-state index in [1.807, 2.05) is 0 Å². The third kappa shape index (κ3) is 3.12. The highest BCUT2D eigenvalue weighted by molar-refractivity contribution is 7.17. The van der Waals surface area contributed by atoms with Crippen molar-refractivity contribution in [2.45, 2.75) is 26.2 Å². The number of hydrogen-bond donors (Lipinski definition) is 2. The number of fused-ring (bicyclic) bond motifs is 1. The highest BCUT2D eigenvalue weighted by Crippen LogP contribution is 2.39. The Labute approximate surface area is 143 Å². The first-order valence-corrected chi connectivity index (χ1v) is 8.67. The number of rotatable bonds is 3. The second-order valence-electron chi connectivity index (χ2n) is 5.85. The molecule has 1 aliphatic carbocycles. The number of nitrogens with two attached hydrogens (primary N) is 1. The molecule has 1 heterocycles. The van der Waals surface area contributed by atoms with Crippen molar-refractivity contribution in [1.29, 1.82) is 0 Å². The summed E-state index contributed by atoms with van der Waals surface area (Å²) in [5.41, 5.74) is 7.38. The summed E-state index contributed by atoms with van der Waals surface area (Å²) < 4.78 is 0. The zero-order valence-corrected chi connectivity index (χ0v) is 14.3. The molecule has 0 radical (unpaired) electrons. The second kappa shape index (κ2) is 6.34. The molecular weight excluding hydrogens is 332 g/mol. The lowest BCUT2D eigenvalue weighted by molar-refractivity contribution is 0.1000. The van der Waals surface area contributed by atoms with Gasteiger partial charge >= 0.3 is 0 Å². The molecule has 23 heavy (non-hydrogen) atoms. The van der Waals surface area contributed by atoms with Crippen molar-refractivity contribution in [3.8, 4) is 0 Å². The van der Waals surface area contributed by atoms with Crippen LogP contribution in [0.5, 0.6) is 0 Å². The number of hydrogen-bond acceptors (Lipinski definition) is 3. The van der Waals surface area contributed by atoms with Gasteiger partial charge in [-0.2, -0.15) is 0 Å². The summed E-state index contributed by atoms with van der Waals surface area (Å²) in [6.45, 7) is 2.19. The van der Waals surface area contributed by atoms with Crippen LogP contribution >= 0.6 is 22.9 Å². The van der Waals surface area contributed by atoms with Crippen molar-refractivity contribution in [2.24, 2.45) is 11.7 Å². The first kappa shape index (κ1) is 16.0. The van der Waals surface area contributed by atoms with Crippen LogP contribution in [-0.2, 0) is 12.8 Å². The van der Waals surface area contributed by atoms with Gasteiger partial charge < -0.3 is 11.1 Å². The molecular formula is C17H17ClN2O2S. The van der Waals surface area contributed by atoms with Crippen LogP contribution < -0.4 is 11.1 Å². The van der Waals surface area contributed by atoms with E-state index in [0.717, 1.165) is 29.7 Å². The van der Waals surface area contributed by atoms with Gasteiger partial charge in [0.15, 0.2) is 0 Å². The molecule has 3 N–H and O–H groups in total. The molecule has 0 aliphatic heterocycles. The third-order valence-electron chi connectivity index (χ3n) is 4.10. The van der Waals surface area contributed by atoms with Gasteiger partial charge in [0.2, 0.25) is 0 Å². The SMILES string of the molecule is C[C@H]1CCc2c(sc(NC(=O)c3ccccc3Cl)c2C(N)=O)C1. The van der Waals surface area contributed by atoms with E-state index in [2.05, 4.69) is 12.2 Å². The number of primary amides is 1. The average Bonchev–Trinajstić information content (AvgIpc) is 2.84. The minimum Gasteiger partial charge on any atom is -0.365 e. The Morgan fingerprint density at radius 1 is 1.35 bits per heavy atom.